The smallest absolute Gasteiger partial charge is 0.338 e. The van der Waals surface area contributed by atoms with Crippen LogP contribution in [0.2, 0.25) is 0 Å². The standard InChI is InChI=1S/C6H7NO.C6H7N.C6H6O2/c1-5-4-7-3-2-6(5)8;1-6-3-2-4-7-5-6;1-5-3-2-4-8-6(5)7/h2-4H,1H3,(H,7,8);2-5H,1H3;2-4H,1H3. The number of aromatic nitrogens is 2. The Hall–Kier alpha value is -2.95. The second kappa shape index (κ2) is 9.89. The molecular formula is C18H20N2O3. The van der Waals surface area contributed by atoms with Crippen molar-refractivity contribution in [3.05, 3.63) is 98.7 Å². The van der Waals surface area contributed by atoms with Crippen LogP contribution in [0.5, 0.6) is 0 Å². The van der Waals surface area contributed by atoms with Crippen molar-refractivity contribution in [3.63, 3.8) is 0 Å². The van der Waals surface area contributed by atoms with Crippen molar-refractivity contribution in [3.8, 4) is 0 Å². The first-order valence-electron chi connectivity index (χ1n) is 7.05. The lowest BCUT2D eigenvalue weighted by atomic mass is 10.3. The zero-order valence-electron chi connectivity index (χ0n) is 13.4. The van der Waals surface area contributed by atoms with Gasteiger partial charge < -0.3 is 9.40 Å². The molecule has 3 rings (SSSR count). The number of nitrogens with one attached hydrogen (secondary N) is 1. The molecule has 0 saturated carbocycles. The van der Waals surface area contributed by atoms with Gasteiger partial charge in [0.25, 0.3) is 0 Å². The van der Waals surface area contributed by atoms with Crippen molar-refractivity contribution in [2.75, 3.05) is 0 Å². The van der Waals surface area contributed by atoms with E-state index in [1.165, 1.54) is 17.9 Å². The molecule has 0 aliphatic rings. The molecule has 0 aliphatic heterocycles. The molecule has 0 amide bonds. The lowest BCUT2D eigenvalue weighted by Crippen LogP contribution is -2.01. The van der Waals surface area contributed by atoms with Crippen LogP contribution in [0.15, 0.2) is 75.4 Å². The summed E-state index contributed by atoms with van der Waals surface area (Å²) in [6, 6.07) is 8.86. The maximum Gasteiger partial charge on any atom is 0.338 e. The summed E-state index contributed by atoms with van der Waals surface area (Å²) in [5, 5.41) is 0. The monoisotopic (exact) mass is 312 g/mol. The summed E-state index contributed by atoms with van der Waals surface area (Å²) in [4.78, 5) is 27.7. The molecule has 3 heterocycles. The van der Waals surface area contributed by atoms with Crippen molar-refractivity contribution in [2.24, 2.45) is 0 Å². The van der Waals surface area contributed by atoms with Gasteiger partial charge in [-0.2, -0.15) is 0 Å². The van der Waals surface area contributed by atoms with E-state index in [0.717, 1.165) is 5.56 Å². The molecule has 0 saturated heterocycles. The van der Waals surface area contributed by atoms with E-state index in [-0.39, 0.29) is 11.1 Å². The van der Waals surface area contributed by atoms with E-state index >= 15 is 0 Å². The predicted molar refractivity (Wildman–Crippen MR) is 90.5 cm³/mol. The van der Waals surface area contributed by atoms with Crippen molar-refractivity contribution >= 4 is 0 Å². The van der Waals surface area contributed by atoms with Crippen LogP contribution < -0.4 is 11.1 Å². The number of aryl methyl sites for hydroxylation is 3. The van der Waals surface area contributed by atoms with Gasteiger partial charge in [0, 0.05) is 42.0 Å². The summed E-state index contributed by atoms with van der Waals surface area (Å²) in [6.45, 7) is 5.51. The second-order valence-corrected chi connectivity index (χ2v) is 4.81. The molecule has 0 aliphatic carbocycles. The minimum atomic E-state index is -0.257. The van der Waals surface area contributed by atoms with Crippen LogP contribution in [-0.2, 0) is 0 Å². The summed E-state index contributed by atoms with van der Waals surface area (Å²) in [6.07, 6.45) is 8.28. The number of H-pyrrole nitrogens is 1. The number of hydrogen-bond donors (Lipinski definition) is 1. The number of nitrogens with zero attached hydrogens (tertiary/aromatic N) is 1. The average molecular weight is 312 g/mol. The highest BCUT2D eigenvalue weighted by atomic mass is 16.4. The Morgan fingerprint density at radius 1 is 1.00 bits per heavy atom. The van der Waals surface area contributed by atoms with Gasteiger partial charge in [-0.05, 0) is 44.5 Å². The van der Waals surface area contributed by atoms with Gasteiger partial charge in [0.1, 0.15) is 0 Å². The van der Waals surface area contributed by atoms with Crippen molar-refractivity contribution in [2.45, 2.75) is 20.8 Å². The maximum atomic E-state index is 10.6. The van der Waals surface area contributed by atoms with E-state index in [1.807, 2.05) is 25.3 Å². The molecule has 1 N–H and O–H groups in total. The van der Waals surface area contributed by atoms with Crippen LogP contribution in [0.1, 0.15) is 16.7 Å². The summed E-state index contributed by atoms with van der Waals surface area (Å²) in [5.74, 6) is 0. The normalized spacial score (nSPS) is 9.00. The SMILES string of the molecule is Cc1c[nH]ccc1=O.Cc1cccnc1.Cc1cccoc1=O. The highest BCUT2D eigenvalue weighted by Gasteiger charge is 1.86. The Bertz CT molecular complexity index is 756. The first-order valence-corrected chi connectivity index (χ1v) is 7.05. The minimum absolute atomic E-state index is 0.0868. The van der Waals surface area contributed by atoms with Gasteiger partial charge in [-0.25, -0.2) is 4.79 Å². The summed E-state index contributed by atoms with van der Waals surface area (Å²) < 4.78 is 4.50. The molecule has 120 valence electrons. The molecule has 0 unspecified atom stereocenters. The summed E-state index contributed by atoms with van der Waals surface area (Å²) in [5.41, 5.74) is 2.44. The van der Waals surface area contributed by atoms with Crippen LogP contribution in [0.25, 0.3) is 0 Å². The minimum Gasteiger partial charge on any atom is -0.431 e. The third kappa shape index (κ3) is 7.57. The molecule has 23 heavy (non-hydrogen) atoms. The van der Waals surface area contributed by atoms with E-state index in [1.54, 1.807) is 44.6 Å². The van der Waals surface area contributed by atoms with Crippen molar-refractivity contribution < 1.29 is 4.42 Å². The zero-order chi connectivity index (χ0) is 17.1. The van der Waals surface area contributed by atoms with E-state index in [2.05, 4.69) is 14.4 Å². The summed E-state index contributed by atoms with van der Waals surface area (Å²) in [7, 11) is 0. The quantitative estimate of drug-likeness (QED) is 0.692. The lowest BCUT2D eigenvalue weighted by Gasteiger charge is -1.83. The van der Waals surface area contributed by atoms with Gasteiger partial charge >= 0.3 is 5.63 Å². The van der Waals surface area contributed by atoms with Crippen LogP contribution in [0.4, 0.5) is 0 Å². The third-order valence-corrected chi connectivity index (χ3v) is 2.75. The molecule has 0 bridgehead atoms. The lowest BCUT2D eigenvalue weighted by molar-refractivity contribution is 0.505. The van der Waals surface area contributed by atoms with E-state index in [9.17, 15) is 9.59 Å². The largest absolute Gasteiger partial charge is 0.431 e. The fourth-order valence-corrected chi connectivity index (χ4v) is 1.39. The number of hydrogen-bond acceptors (Lipinski definition) is 4. The summed E-state index contributed by atoms with van der Waals surface area (Å²) >= 11 is 0. The van der Waals surface area contributed by atoms with E-state index < -0.39 is 0 Å². The molecule has 5 heteroatoms. The first-order chi connectivity index (χ1) is 11.0. The van der Waals surface area contributed by atoms with Crippen LogP contribution in [-0.4, -0.2) is 9.97 Å². The Balaban J connectivity index is 0.000000173. The van der Waals surface area contributed by atoms with Crippen LogP contribution in [0, 0.1) is 20.8 Å². The molecular weight excluding hydrogens is 292 g/mol. The van der Waals surface area contributed by atoms with E-state index in [4.69, 9.17) is 0 Å². The van der Waals surface area contributed by atoms with Gasteiger partial charge in [0.15, 0.2) is 5.43 Å². The van der Waals surface area contributed by atoms with E-state index in [0.29, 0.717) is 5.56 Å². The van der Waals surface area contributed by atoms with Gasteiger partial charge in [0.05, 0.1) is 6.26 Å². The molecule has 0 aromatic carbocycles. The topological polar surface area (TPSA) is 76.0 Å². The molecule has 3 aromatic heterocycles. The molecule has 3 aromatic rings. The average Bonchev–Trinajstić information content (AvgIpc) is 2.55. The Morgan fingerprint density at radius 2 is 1.78 bits per heavy atom. The number of rotatable bonds is 0. The van der Waals surface area contributed by atoms with Gasteiger partial charge in [-0.3, -0.25) is 9.78 Å². The fourth-order valence-electron chi connectivity index (χ4n) is 1.39. The van der Waals surface area contributed by atoms with Crippen LogP contribution >= 0.6 is 0 Å². The van der Waals surface area contributed by atoms with Crippen molar-refractivity contribution in [1.29, 1.82) is 0 Å². The third-order valence-electron chi connectivity index (χ3n) is 2.75. The van der Waals surface area contributed by atoms with Gasteiger partial charge in [-0.15, -0.1) is 0 Å². The number of aromatic amines is 1. The molecule has 0 fully saturated rings. The molecule has 0 atom stereocenters. The number of pyridine rings is 2. The second-order valence-electron chi connectivity index (χ2n) is 4.81. The van der Waals surface area contributed by atoms with Gasteiger partial charge in [0.2, 0.25) is 0 Å². The highest BCUT2D eigenvalue weighted by molar-refractivity contribution is 5.06. The Morgan fingerprint density at radius 3 is 2.13 bits per heavy atom. The highest BCUT2D eigenvalue weighted by Crippen LogP contribution is 1.88. The fraction of sp³-hybridized carbons (Fsp3) is 0.167. The van der Waals surface area contributed by atoms with Crippen LogP contribution in [0.3, 0.4) is 0 Å². The molecule has 0 radical (unpaired) electrons. The van der Waals surface area contributed by atoms with Crippen molar-refractivity contribution in [1.82, 2.24) is 9.97 Å². The van der Waals surface area contributed by atoms with Gasteiger partial charge in [-0.1, -0.05) is 6.07 Å². The maximum absolute atomic E-state index is 10.6. The molecule has 0 spiro atoms. The first kappa shape index (κ1) is 18.1. The molecule has 5 nitrogen and oxygen atoms in total. The Labute approximate surface area is 134 Å². The Kier molecular flexibility index (Phi) is 7.78. The predicted octanol–water partition coefficient (Wildman–Crippen LogP) is 3.02. The zero-order valence-corrected chi connectivity index (χ0v) is 13.4.